The fourth-order valence-electron chi connectivity index (χ4n) is 6.59. The number of ether oxygens (including phenoxy) is 3. The van der Waals surface area contributed by atoms with E-state index in [-0.39, 0.29) is 17.5 Å². The van der Waals surface area contributed by atoms with Crippen molar-refractivity contribution in [1.82, 2.24) is 0 Å². The van der Waals surface area contributed by atoms with E-state index in [4.69, 9.17) is 14.2 Å². The van der Waals surface area contributed by atoms with Crippen LogP contribution in [-0.2, 0) is 15.7 Å². The normalized spacial score (nSPS) is 30.2. The van der Waals surface area contributed by atoms with Crippen molar-refractivity contribution >= 4 is 0 Å². The first kappa shape index (κ1) is 29.2. The molecule has 0 atom stereocenters. The minimum atomic E-state index is -4.53. The molecule has 3 aliphatic rings. The van der Waals surface area contributed by atoms with Gasteiger partial charge in [-0.15, -0.1) is 0 Å². The molecule has 0 bridgehead atoms. The lowest BCUT2D eigenvalue weighted by molar-refractivity contribution is -0.224. The summed E-state index contributed by atoms with van der Waals surface area (Å²) in [5.74, 6) is -0.256. The Morgan fingerprint density at radius 3 is 1.88 bits per heavy atom. The summed E-state index contributed by atoms with van der Waals surface area (Å²) in [6.45, 7) is 3.21. The van der Waals surface area contributed by atoms with Crippen LogP contribution in [0.1, 0.15) is 87.2 Å². The molecule has 2 aliphatic carbocycles. The Labute approximate surface area is 231 Å². The highest BCUT2D eigenvalue weighted by molar-refractivity contribution is 5.30. The van der Waals surface area contributed by atoms with Gasteiger partial charge in [-0.3, -0.25) is 0 Å². The summed E-state index contributed by atoms with van der Waals surface area (Å²) in [5, 5.41) is 0. The predicted octanol–water partition coefficient (Wildman–Crippen LogP) is 9.28. The zero-order valence-corrected chi connectivity index (χ0v) is 22.6. The highest BCUT2D eigenvalue weighted by Crippen LogP contribution is 2.47. The third-order valence-electron chi connectivity index (χ3n) is 8.92. The zero-order chi connectivity index (χ0) is 28.5. The van der Waals surface area contributed by atoms with Crippen molar-refractivity contribution in [3.05, 3.63) is 65.0 Å². The third kappa shape index (κ3) is 6.78. The van der Waals surface area contributed by atoms with Crippen LogP contribution in [0.3, 0.4) is 0 Å². The topological polar surface area (TPSA) is 27.7 Å². The van der Waals surface area contributed by atoms with Crippen LogP contribution in [0.4, 0.5) is 26.3 Å². The summed E-state index contributed by atoms with van der Waals surface area (Å²) in [6, 6.07) is 8.64. The van der Waals surface area contributed by atoms with Crippen molar-refractivity contribution < 1.29 is 40.6 Å². The second kappa shape index (κ2) is 11.9. The molecular formula is C31H36F6O3. The van der Waals surface area contributed by atoms with Crippen LogP contribution < -0.4 is 4.74 Å². The van der Waals surface area contributed by atoms with Crippen LogP contribution in [-0.4, -0.2) is 19.3 Å². The SMILES string of the molecule is CC1COC(c2ccc(C3CCC(C4CCC(C(F)(F)Oc5ccc(C(F)(F)F)cc5)CC4)CC3)c(F)c2)OC1. The van der Waals surface area contributed by atoms with Crippen LogP contribution in [0.5, 0.6) is 5.75 Å². The maximum Gasteiger partial charge on any atom is 0.416 e. The fraction of sp³-hybridized carbons (Fsp3) is 0.613. The quantitative estimate of drug-likeness (QED) is 0.324. The van der Waals surface area contributed by atoms with Crippen molar-refractivity contribution in [2.75, 3.05) is 13.2 Å². The van der Waals surface area contributed by atoms with Crippen molar-refractivity contribution in [1.29, 1.82) is 0 Å². The summed E-state index contributed by atoms with van der Waals surface area (Å²) in [4.78, 5) is 0. The van der Waals surface area contributed by atoms with Crippen molar-refractivity contribution in [2.45, 2.75) is 82.8 Å². The van der Waals surface area contributed by atoms with Crippen molar-refractivity contribution in [2.24, 2.45) is 23.7 Å². The smallest absolute Gasteiger partial charge is 0.416 e. The highest BCUT2D eigenvalue weighted by atomic mass is 19.4. The highest BCUT2D eigenvalue weighted by Gasteiger charge is 2.45. The first-order chi connectivity index (χ1) is 19.0. The molecule has 2 saturated carbocycles. The molecule has 5 rings (SSSR count). The molecule has 40 heavy (non-hydrogen) atoms. The van der Waals surface area contributed by atoms with Gasteiger partial charge in [0, 0.05) is 11.5 Å². The van der Waals surface area contributed by atoms with E-state index in [0.29, 0.717) is 62.2 Å². The molecule has 1 saturated heterocycles. The second-order valence-electron chi connectivity index (χ2n) is 11.8. The molecule has 0 amide bonds. The fourth-order valence-corrected chi connectivity index (χ4v) is 6.59. The van der Waals surface area contributed by atoms with Gasteiger partial charge < -0.3 is 14.2 Å². The molecule has 220 valence electrons. The van der Waals surface area contributed by atoms with Crippen LogP contribution in [0.25, 0.3) is 0 Å². The Morgan fingerprint density at radius 1 is 0.750 bits per heavy atom. The Bertz CT molecular complexity index is 1110. The molecule has 3 fully saturated rings. The zero-order valence-electron chi connectivity index (χ0n) is 22.6. The van der Waals surface area contributed by atoms with Crippen LogP contribution in [0.15, 0.2) is 42.5 Å². The number of halogens is 6. The molecule has 0 N–H and O–H groups in total. The number of hydrogen-bond acceptors (Lipinski definition) is 3. The monoisotopic (exact) mass is 570 g/mol. The molecule has 0 spiro atoms. The van der Waals surface area contributed by atoms with Gasteiger partial charge in [-0.1, -0.05) is 19.1 Å². The van der Waals surface area contributed by atoms with Crippen LogP contribution in [0, 0.1) is 29.5 Å². The van der Waals surface area contributed by atoms with Gasteiger partial charge in [0.05, 0.1) is 24.7 Å². The molecule has 1 heterocycles. The average Bonchev–Trinajstić information content (AvgIpc) is 2.93. The van der Waals surface area contributed by atoms with E-state index < -0.39 is 30.1 Å². The molecule has 0 unspecified atom stereocenters. The molecular weight excluding hydrogens is 534 g/mol. The maximum absolute atomic E-state index is 15.1. The van der Waals surface area contributed by atoms with Crippen molar-refractivity contribution in [3.63, 3.8) is 0 Å². The summed E-state index contributed by atoms with van der Waals surface area (Å²) in [7, 11) is 0. The molecule has 9 heteroatoms. The number of rotatable bonds is 6. The van der Waals surface area contributed by atoms with E-state index in [1.54, 1.807) is 0 Å². The molecule has 2 aromatic rings. The largest absolute Gasteiger partial charge is 0.432 e. The average molecular weight is 571 g/mol. The summed E-state index contributed by atoms with van der Waals surface area (Å²) in [6.07, 6.45) is -2.98. The first-order valence-corrected chi connectivity index (χ1v) is 14.3. The van der Waals surface area contributed by atoms with Gasteiger partial charge in [-0.25, -0.2) is 4.39 Å². The Balaban J connectivity index is 1.09. The summed E-state index contributed by atoms with van der Waals surface area (Å²) >= 11 is 0. The van der Waals surface area contributed by atoms with Gasteiger partial charge in [0.25, 0.3) is 0 Å². The number of benzene rings is 2. The predicted molar refractivity (Wildman–Crippen MR) is 137 cm³/mol. The second-order valence-corrected chi connectivity index (χ2v) is 11.8. The molecule has 3 nitrogen and oxygen atoms in total. The van der Waals surface area contributed by atoms with E-state index in [0.717, 1.165) is 55.5 Å². The number of alkyl halides is 5. The number of hydrogen-bond donors (Lipinski definition) is 0. The first-order valence-electron chi connectivity index (χ1n) is 14.3. The summed E-state index contributed by atoms with van der Waals surface area (Å²) < 4.78 is 99.2. The van der Waals surface area contributed by atoms with E-state index in [1.165, 1.54) is 6.07 Å². The summed E-state index contributed by atoms with van der Waals surface area (Å²) in [5.41, 5.74) is 0.504. The lowest BCUT2D eigenvalue weighted by atomic mass is 9.68. The van der Waals surface area contributed by atoms with Gasteiger partial charge in [-0.2, -0.15) is 22.0 Å². The maximum atomic E-state index is 15.1. The Kier molecular flexibility index (Phi) is 8.72. The molecule has 1 aliphatic heterocycles. The van der Waals surface area contributed by atoms with Crippen LogP contribution >= 0.6 is 0 Å². The van der Waals surface area contributed by atoms with E-state index in [1.807, 2.05) is 19.1 Å². The Morgan fingerprint density at radius 2 is 1.32 bits per heavy atom. The third-order valence-corrected chi connectivity index (χ3v) is 8.92. The Hall–Kier alpha value is -2.26. The van der Waals surface area contributed by atoms with Crippen LogP contribution in [0.2, 0.25) is 0 Å². The van der Waals surface area contributed by atoms with E-state index >= 15 is 4.39 Å². The minimum absolute atomic E-state index is 0.135. The van der Waals surface area contributed by atoms with Gasteiger partial charge in [0.1, 0.15) is 11.6 Å². The van der Waals surface area contributed by atoms with Gasteiger partial charge >= 0.3 is 12.3 Å². The lowest BCUT2D eigenvalue weighted by Gasteiger charge is -2.39. The van der Waals surface area contributed by atoms with Gasteiger partial charge in [0.2, 0.25) is 0 Å². The van der Waals surface area contributed by atoms with E-state index in [2.05, 4.69) is 0 Å². The standard InChI is InChI=1S/C31H36F6O3/c1-19-17-38-29(39-18-19)23-8-15-27(28(32)16-23)22-4-2-20(3-5-22)21-6-9-25(10-7-21)31(36,37)40-26-13-11-24(12-14-26)30(33,34)35/h8,11-16,19-22,25,29H,2-7,9-10,17-18H2,1H3. The molecule has 0 radical (unpaired) electrons. The lowest BCUT2D eigenvalue weighted by Crippen LogP contribution is -2.38. The molecule has 2 aromatic carbocycles. The van der Waals surface area contributed by atoms with Crippen molar-refractivity contribution in [3.8, 4) is 5.75 Å². The van der Waals surface area contributed by atoms with Gasteiger partial charge in [0.15, 0.2) is 6.29 Å². The minimum Gasteiger partial charge on any atom is -0.432 e. The van der Waals surface area contributed by atoms with E-state index in [9.17, 15) is 22.0 Å². The molecule has 0 aromatic heterocycles. The van der Waals surface area contributed by atoms with Gasteiger partial charge in [-0.05, 0) is 105 Å².